The van der Waals surface area contributed by atoms with Crippen LogP contribution in [-0.4, -0.2) is 30.6 Å². The maximum atomic E-state index is 11.1. The van der Waals surface area contributed by atoms with Crippen molar-refractivity contribution in [1.29, 1.82) is 0 Å². The van der Waals surface area contributed by atoms with Crippen molar-refractivity contribution in [3.05, 3.63) is 28.8 Å². The number of benzene rings is 1. The van der Waals surface area contributed by atoms with Crippen LogP contribution in [0.25, 0.3) is 0 Å². The number of carbonyl (C=O) groups is 1. The second kappa shape index (κ2) is 5.29. The van der Waals surface area contributed by atoms with Crippen molar-refractivity contribution < 1.29 is 9.90 Å². The van der Waals surface area contributed by atoms with Crippen LogP contribution >= 0.6 is 11.6 Å². The van der Waals surface area contributed by atoms with Crippen LogP contribution < -0.4 is 4.90 Å². The summed E-state index contributed by atoms with van der Waals surface area (Å²) in [6.45, 7) is 0.536. The zero-order valence-electron chi connectivity index (χ0n) is 10.5. The Labute approximate surface area is 112 Å². The van der Waals surface area contributed by atoms with Gasteiger partial charge in [0.25, 0.3) is 0 Å². The lowest BCUT2D eigenvalue weighted by Gasteiger charge is -2.30. The molecule has 0 aromatic heterocycles. The molecule has 0 amide bonds. The monoisotopic (exact) mass is 267 g/mol. The lowest BCUT2D eigenvalue weighted by Crippen LogP contribution is -2.39. The number of carbonyl (C=O) groups excluding carboxylic acids is 1. The highest BCUT2D eigenvalue weighted by Crippen LogP contribution is 2.32. The fourth-order valence-corrected chi connectivity index (χ4v) is 2.91. The Kier molecular flexibility index (Phi) is 3.93. The molecule has 3 nitrogen and oxygen atoms in total. The van der Waals surface area contributed by atoms with Gasteiger partial charge in [-0.25, -0.2) is 0 Å². The Hall–Kier alpha value is -1.06. The van der Waals surface area contributed by atoms with E-state index in [2.05, 4.69) is 0 Å². The van der Waals surface area contributed by atoms with E-state index < -0.39 is 5.60 Å². The molecule has 18 heavy (non-hydrogen) atoms. The van der Waals surface area contributed by atoms with Gasteiger partial charge in [-0.2, -0.15) is 0 Å². The number of halogens is 1. The summed E-state index contributed by atoms with van der Waals surface area (Å²) in [5.41, 5.74) is 0.637. The summed E-state index contributed by atoms with van der Waals surface area (Å²) in [4.78, 5) is 13.0. The van der Waals surface area contributed by atoms with E-state index in [-0.39, 0.29) is 0 Å². The number of nitrogens with zero attached hydrogens (tertiary/aromatic N) is 1. The van der Waals surface area contributed by atoms with Crippen molar-refractivity contribution in [3.63, 3.8) is 0 Å². The summed E-state index contributed by atoms with van der Waals surface area (Å²) in [5.74, 6) is 0. The largest absolute Gasteiger partial charge is 0.388 e. The first-order chi connectivity index (χ1) is 8.56. The normalized spacial score (nSPS) is 17.7. The first-order valence-corrected chi connectivity index (χ1v) is 6.61. The number of likely N-dealkylation sites (N-methyl/N-ethyl adjacent to an activating group) is 1. The summed E-state index contributed by atoms with van der Waals surface area (Å²) in [7, 11) is 1.88. The van der Waals surface area contributed by atoms with Gasteiger partial charge in [0.2, 0.25) is 0 Å². The topological polar surface area (TPSA) is 40.5 Å². The van der Waals surface area contributed by atoms with E-state index >= 15 is 0 Å². The van der Waals surface area contributed by atoms with E-state index in [0.29, 0.717) is 17.1 Å². The second-order valence-corrected chi connectivity index (χ2v) is 5.49. The number of anilines is 1. The van der Waals surface area contributed by atoms with Gasteiger partial charge in [-0.15, -0.1) is 0 Å². The maximum absolute atomic E-state index is 11.1. The standard InChI is InChI=1S/C14H18ClNO2/c1-16(10-14(18)7-2-3-8-14)13-6-4-5-12(15)11(13)9-17/h4-6,9,18H,2-3,7-8,10H2,1H3. The molecule has 1 fully saturated rings. The van der Waals surface area contributed by atoms with Crippen LogP contribution in [0.5, 0.6) is 0 Å². The smallest absolute Gasteiger partial charge is 0.153 e. The van der Waals surface area contributed by atoms with Crippen LogP contribution in [0.15, 0.2) is 18.2 Å². The van der Waals surface area contributed by atoms with E-state index in [1.165, 1.54) is 0 Å². The number of hydrogen-bond donors (Lipinski definition) is 1. The highest BCUT2D eigenvalue weighted by Gasteiger charge is 2.32. The van der Waals surface area contributed by atoms with E-state index in [0.717, 1.165) is 37.7 Å². The summed E-state index contributed by atoms with van der Waals surface area (Å²) in [5, 5.41) is 10.8. The van der Waals surface area contributed by atoms with E-state index in [9.17, 15) is 9.90 Å². The van der Waals surface area contributed by atoms with Crippen LogP contribution in [0.4, 0.5) is 5.69 Å². The predicted octanol–water partition coefficient (Wildman–Crippen LogP) is 2.89. The fraction of sp³-hybridized carbons (Fsp3) is 0.500. The van der Waals surface area contributed by atoms with Crippen LogP contribution in [0.2, 0.25) is 5.02 Å². The molecule has 0 bridgehead atoms. The first-order valence-electron chi connectivity index (χ1n) is 6.23. The molecule has 0 aliphatic heterocycles. The third-order valence-corrected chi connectivity index (χ3v) is 3.95. The molecule has 1 aromatic carbocycles. The molecule has 0 unspecified atom stereocenters. The Morgan fingerprint density at radius 1 is 1.44 bits per heavy atom. The second-order valence-electron chi connectivity index (χ2n) is 5.08. The third-order valence-electron chi connectivity index (χ3n) is 3.62. The Morgan fingerprint density at radius 3 is 2.72 bits per heavy atom. The highest BCUT2D eigenvalue weighted by molar-refractivity contribution is 6.33. The van der Waals surface area contributed by atoms with E-state index in [4.69, 9.17) is 11.6 Å². The molecule has 1 N–H and O–H groups in total. The van der Waals surface area contributed by atoms with Crippen molar-refractivity contribution in [2.24, 2.45) is 0 Å². The summed E-state index contributed by atoms with van der Waals surface area (Å²) < 4.78 is 0. The average Bonchev–Trinajstić information content (AvgIpc) is 2.75. The van der Waals surface area contributed by atoms with Crippen molar-refractivity contribution in [2.45, 2.75) is 31.3 Å². The van der Waals surface area contributed by atoms with Gasteiger partial charge in [0.05, 0.1) is 16.2 Å². The number of rotatable bonds is 4. The van der Waals surface area contributed by atoms with Crippen LogP contribution in [0.1, 0.15) is 36.0 Å². The zero-order valence-corrected chi connectivity index (χ0v) is 11.3. The summed E-state index contributed by atoms with van der Waals surface area (Å²) in [6, 6.07) is 5.38. The molecule has 1 aromatic rings. The minimum absolute atomic E-state index is 0.452. The van der Waals surface area contributed by atoms with Gasteiger partial charge in [-0.3, -0.25) is 4.79 Å². The molecule has 1 saturated carbocycles. The van der Waals surface area contributed by atoms with Crippen LogP contribution in [0, 0.1) is 0 Å². The molecule has 0 spiro atoms. The van der Waals surface area contributed by atoms with Gasteiger partial charge in [0, 0.05) is 19.3 Å². The maximum Gasteiger partial charge on any atom is 0.153 e. The lowest BCUT2D eigenvalue weighted by atomic mass is 10.0. The molecule has 2 rings (SSSR count). The SMILES string of the molecule is CN(CC1(O)CCCC1)c1cccc(Cl)c1C=O. The van der Waals surface area contributed by atoms with Crippen molar-refractivity contribution in [1.82, 2.24) is 0 Å². The molecule has 4 heteroatoms. The molecule has 0 radical (unpaired) electrons. The van der Waals surface area contributed by atoms with Gasteiger partial charge in [0.1, 0.15) is 0 Å². The average molecular weight is 268 g/mol. The molecular formula is C14H18ClNO2. The Balaban J connectivity index is 2.20. The number of aldehydes is 1. The fourth-order valence-electron chi connectivity index (χ4n) is 2.69. The van der Waals surface area contributed by atoms with Crippen molar-refractivity contribution in [2.75, 3.05) is 18.5 Å². The quantitative estimate of drug-likeness (QED) is 0.853. The lowest BCUT2D eigenvalue weighted by molar-refractivity contribution is 0.0559. The highest BCUT2D eigenvalue weighted by atomic mass is 35.5. The van der Waals surface area contributed by atoms with Gasteiger partial charge < -0.3 is 10.0 Å². The first kappa shape index (κ1) is 13.4. The molecule has 0 heterocycles. The van der Waals surface area contributed by atoms with Gasteiger partial charge in [-0.05, 0) is 25.0 Å². The van der Waals surface area contributed by atoms with Crippen molar-refractivity contribution >= 4 is 23.6 Å². The van der Waals surface area contributed by atoms with Crippen LogP contribution in [0.3, 0.4) is 0 Å². The van der Waals surface area contributed by atoms with Crippen molar-refractivity contribution in [3.8, 4) is 0 Å². The summed E-state index contributed by atoms with van der Waals surface area (Å²) in [6.07, 6.45) is 4.57. The molecule has 98 valence electrons. The predicted molar refractivity (Wildman–Crippen MR) is 73.5 cm³/mol. The third kappa shape index (κ3) is 2.68. The molecule has 1 aliphatic carbocycles. The molecule has 0 atom stereocenters. The molecule has 0 saturated heterocycles. The van der Waals surface area contributed by atoms with E-state index in [1.54, 1.807) is 6.07 Å². The van der Waals surface area contributed by atoms with Gasteiger partial charge in [-0.1, -0.05) is 30.5 Å². The molecule has 1 aliphatic rings. The zero-order chi connectivity index (χ0) is 13.2. The molecular weight excluding hydrogens is 250 g/mol. The minimum atomic E-state index is -0.628. The van der Waals surface area contributed by atoms with E-state index in [1.807, 2.05) is 24.1 Å². The Morgan fingerprint density at radius 2 is 2.11 bits per heavy atom. The van der Waals surface area contributed by atoms with Crippen LogP contribution in [-0.2, 0) is 0 Å². The number of aliphatic hydroxyl groups is 1. The number of hydrogen-bond acceptors (Lipinski definition) is 3. The Bertz CT molecular complexity index is 441. The van der Waals surface area contributed by atoms with Gasteiger partial charge >= 0.3 is 0 Å². The summed E-state index contributed by atoms with van der Waals surface area (Å²) >= 11 is 6.00. The minimum Gasteiger partial charge on any atom is -0.388 e. The van der Waals surface area contributed by atoms with Gasteiger partial charge in [0.15, 0.2) is 6.29 Å².